The van der Waals surface area contributed by atoms with Crippen molar-refractivity contribution in [3.63, 3.8) is 0 Å². The molecule has 0 aromatic heterocycles. The molecule has 1 aliphatic heterocycles. The SMILES string of the molecule is COCC1(C(=O)NCCOC2CCCCC2)CCNC1. The standard InChI is InChI=1S/C15H28N2O3/c1-19-12-15(7-8-16-11-15)14(18)17-9-10-20-13-5-3-2-4-6-13/h13,16H,2-12H2,1H3,(H,17,18). The van der Waals surface area contributed by atoms with Crippen LogP contribution in [0.5, 0.6) is 0 Å². The summed E-state index contributed by atoms with van der Waals surface area (Å²) in [5.41, 5.74) is -0.389. The van der Waals surface area contributed by atoms with E-state index >= 15 is 0 Å². The molecule has 1 amide bonds. The van der Waals surface area contributed by atoms with Gasteiger partial charge in [-0.2, -0.15) is 0 Å². The molecule has 20 heavy (non-hydrogen) atoms. The maximum atomic E-state index is 12.3. The molecule has 1 saturated heterocycles. The predicted octanol–water partition coefficient (Wildman–Crippen LogP) is 1.08. The molecule has 1 atom stereocenters. The van der Waals surface area contributed by atoms with Gasteiger partial charge in [0.1, 0.15) is 0 Å². The quantitative estimate of drug-likeness (QED) is 0.687. The van der Waals surface area contributed by atoms with Crippen molar-refractivity contribution >= 4 is 5.91 Å². The van der Waals surface area contributed by atoms with Crippen LogP contribution in [0.2, 0.25) is 0 Å². The number of carbonyl (C=O) groups is 1. The molecule has 0 aromatic carbocycles. The highest BCUT2D eigenvalue weighted by molar-refractivity contribution is 5.83. The summed E-state index contributed by atoms with van der Waals surface area (Å²) in [7, 11) is 1.65. The molecule has 2 fully saturated rings. The Kier molecular flexibility index (Phi) is 6.26. The van der Waals surface area contributed by atoms with E-state index < -0.39 is 0 Å². The Morgan fingerprint density at radius 2 is 2.15 bits per heavy atom. The first kappa shape index (κ1) is 15.7. The Bertz CT molecular complexity index is 297. The van der Waals surface area contributed by atoms with Gasteiger partial charge < -0.3 is 20.1 Å². The van der Waals surface area contributed by atoms with Crippen LogP contribution in [0.3, 0.4) is 0 Å². The zero-order chi connectivity index (χ0) is 14.3. The highest BCUT2D eigenvalue weighted by Gasteiger charge is 2.41. The van der Waals surface area contributed by atoms with Gasteiger partial charge in [-0.15, -0.1) is 0 Å². The van der Waals surface area contributed by atoms with E-state index in [0.717, 1.165) is 13.0 Å². The lowest BCUT2D eigenvalue weighted by atomic mass is 9.87. The van der Waals surface area contributed by atoms with Crippen LogP contribution in [0.15, 0.2) is 0 Å². The van der Waals surface area contributed by atoms with Gasteiger partial charge in [0.05, 0.1) is 24.7 Å². The molecular formula is C15H28N2O3. The lowest BCUT2D eigenvalue weighted by molar-refractivity contribution is -0.133. The molecule has 0 spiro atoms. The first-order valence-electron chi connectivity index (χ1n) is 7.86. The average molecular weight is 284 g/mol. The number of rotatable bonds is 7. The lowest BCUT2D eigenvalue weighted by Crippen LogP contribution is -2.46. The van der Waals surface area contributed by atoms with Crippen LogP contribution >= 0.6 is 0 Å². The van der Waals surface area contributed by atoms with Crippen molar-refractivity contribution in [1.29, 1.82) is 0 Å². The summed E-state index contributed by atoms with van der Waals surface area (Å²) in [6.45, 7) is 3.29. The lowest BCUT2D eigenvalue weighted by Gasteiger charge is -2.26. The molecule has 5 heteroatoms. The summed E-state index contributed by atoms with van der Waals surface area (Å²) >= 11 is 0. The van der Waals surface area contributed by atoms with Crippen molar-refractivity contribution in [2.24, 2.45) is 5.41 Å². The summed E-state index contributed by atoms with van der Waals surface area (Å²) < 4.78 is 11.0. The number of carbonyl (C=O) groups excluding carboxylic acids is 1. The maximum absolute atomic E-state index is 12.3. The van der Waals surface area contributed by atoms with Gasteiger partial charge in [0, 0.05) is 20.2 Å². The smallest absolute Gasteiger partial charge is 0.229 e. The Labute approximate surface area is 121 Å². The van der Waals surface area contributed by atoms with E-state index in [9.17, 15) is 4.79 Å². The van der Waals surface area contributed by atoms with Crippen LogP contribution in [0.4, 0.5) is 0 Å². The Morgan fingerprint density at radius 3 is 2.80 bits per heavy atom. The summed E-state index contributed by atoms with van der Waals surface area (Å²) in [5, 5.41) is 6.25. The second-order valence-electron chi connectivity index (χ2n) is 6.03. The van der Waals surface area contributed by atoms with Crippen molar-refractivity contribution in [2.75, 3.05) is 40.0 Å². The summed E-state index contributed by atoms with van der Waals surface area (Å²) in [6.07, 6.45) is 7.48. The molecule has 0 bridgehead atoms. The predicted molar refractivity (Wildman–Crippen MR) is 77.6 cm³/mol. The first-order chi connectivity index (χ1) is 9.77. The van der Waals surface area contributed by atoms with Gasteiger partial charge in [-0.3, -0.25) is 4.79 Å². The molecule has 5 nitrogen and oxygen atoms in total. The molecule has 2 rings (SSSR count). The third kappa shape index (κ3) is 4.17. The van der Waals surface area contributed by atoms with E-state index in [-0.39, 0.29) is 11.3 Å². The van der Waals surface area contributed by atoms with Crippen molar-refractivity contribution in [3.8, 4) is 0 Å². The largest absolute Gasteiger partial charge is 0.384 e. The fraction of sp³-hybridized carbons (Fsp3) is 0.933. The molecular weight excluding hydrogens is 256 g/mol. The molecule has 1 saturated carbocycles. The Morgan fingerprint density at radius 1 is 1.35 bits per heavy atom. The van der Waals surface area contributed by atoms with E-state index in [0.29, 0.717) is 32.4 Å². The fourth-order valence-corrected chi connectivity index (χ4v) is 3.21. The summed E-state index contributed by atoms with van der Waals surface area (Å²) in [5.74, 6) is 0.0941. The molecule has 2 aliphatic rings. The van der Waals surface area contributed by atoms with E-state index in [1.54, 1.807) is 7.11 Å². The fourth-order valence-electron chi connectivity index (χ4n) is 3.21. The van der Waals surface area contributed by atoms with Crippen molar-refractivity contribution in [2.45, 2.75) is 44.6 Å². The van der Waals surface area contributed by atoms with E-state index in [2.05, 4.69) is 10.6 Å². The minimum atomic E-state index is -0.389. The molecule has 116 valence electrons. The van der Waals surface area contributed by atoms with Crippen molar-refractivity contribution < 1.29 is 14.3 Å². The van der Waals surface area contributed by atoms with Crippen LogP contribution < -0.4 is 10.6 Å². The first-order valence-corrected chi connectivity index (χ1v) is 7.86. The normalized spacial score (nSPS) is 27.6. The summed E-state index contributed by atoms with van der Waals surface area (Å²) in [6, 6.07) is 0. The monoisotopic (exact) mass is 284 g/mol. The zero-order valence-corrected chi connectivity index (χ0v) is 12.6. The van der Waals surface area contributed by atoms with Crippen LogP contribution in [-0.4, -0.2) is 52.0 Å². The van der Waals surface area contributed by atoms with Crippen molar-refractivity contribution in [1.82, 2.24) is 10.6 Å². The number of nitrogens with one attached hydrogen (secondary N) is 2. The zero-order valence-electron chi connectivity index (χ0n) is 12.6. The van der Waals surface area contributed by atoms with Gasteiger partial charge in [0.2, 0.25) is 5.91 Å². The third-order valence-electron chi connectivity index (χ3n) is 4.44. The highest BCUT2D eigenvalue weighted by Crippen LogP contribution is 2.26. The second-order valence-corrected chi connectivity index (χ2v) is 6.03. The summed E-state index contributed by atoms with van der Waals surface area (Å²) in [4.78, 5) is 12.3. The number of methoxy groups -OCH3 is 1. The number of hydrogen-bond acceptors (Lipinski definition) is 4. The number of ether oxygens (including phenoxy) is 2. The van der Waals surface area contributed by atoms with E-state index in [1.807, 2.05) is 0 Å². The van der Waals surface area contributed by atoms with E-state index in [4.69, 9.17) is 9.47 Å². The van der Waals surface area contributed by atoms with Gasteiger partial charge in [-0.1, -0.05) is 19.3 Å². The molecule has 2 N–H and O–H groups in total. The van der Waals surface area contributed by atoms with Crippen LogP contribution in [0.1, 0.15) is 38.5 Å². The second kappa shape index (κ2) is 7.96. The molecule has 0 aromatic rings. The molecule has 1 heterocycles. The molecule has 1 unspecified atom stereocenters. The van der Waals surface area contributed by atoms with Gasteiger partial charge in [-0.05, 0) is 25.8 Å². The van der Waals surface area contributed by atoms with Gasteiger partial charge in [-0.25, -0.2) is 0 Å². The highest BCUT2D eigenvalue weighted by atomic mass is 16.5. The van der Waals surface area contributed by atoms with Crippen molar-refractivity contribution in [3.05, 3.63) is 0 Å². The number of amides is 1. The van der Waals surface area contributed by atoms with Gasteiger partial charge in [0.15, 0.2) is 0 Å². The van der Waals surface area contributed by atoms with Gasteiger partial charge in [0.25, 0.3) is 0 Å². The Balaban J connectivity index is 1.66. The van der Waals surface area contributed by atoms with E-state index in [1.165, 1.54) is 32.1 Å². The topological polar surface area (TPSA) is 59.6 Å². The minimum Gasteiger partial charge on any atom is -0.384 e. The average Bonchev–Trinajstić information content (AvgIpc) is 2.95. The third-order valence-corrected chi connectivity index (χ3v) is 4.44. The molecule has 1 aliphatic carbocycles. The van der Waals surface area contributed by atoms with Crippen LogP contribution in [0.25, 0.3) is 0 Å². The minimum absolute atomic E-state index is 0.0941. The molecule has 0 radical (unpaired) electrons. The Hall–Kier alpha value is -0.650. The van der Waals surface area contributed by atoms with Crippen LogP contribution in [0, 0.1) is 5.41 Å². The van der Waals surface area contributed by atoms with Gasteiger partial charge >= 0.3 is 0 Å². The van der Waals surface area contributed by atoms with Crippen LogP contribution in [-0.2, 0) is 14.3 Å². The maximum Gasteiger partial charge on any atom is 0.229 e. The number of hydrogen-bond donors (Lipinski definition) is 2.